The van der Waals surface area contributed by atoms with E-state index in [1.807, 2.05) is 31.2 Å². The van der Waals surface area contributed by atoms with E-state index in [1.54, 1.807) is 31.4 Å². The lowest BCUT2D eigenvalue weighted by molar-refractivity contribution is -0.129. The number of carbonyl (C=O) groups excluding carboxylic acids is 1. The third-order valence-electron chi connectivity index (χ3n) is 4.30. The molecule has 0 saturated carbocycles. The molecular formula is C22H28ClNO3. The van der Waals surface area contributed by atoms with Crippen LogP contribution in [0.2, 0.25) is 5.02 Å². The summed E-state index contributed by atoms with van der Waals surface area (Å²) in [5.74, 6) is 1.75. The summed E-state index contributed by atoms with van der Waals surface area (Å²) in [6.45, 7) is 6.22. The van der Waals surface area contributed by atoms with E-state index in [2.05, 4.69) is 19.2 Å². The third kappa shape index (κ3) is 6.47. The molecule has 2 aromatic rings. The molecule has 0 aliphatic carbocycles. The van der Waals surface area contributed by atoms with Crippen LogP contribution in [0.25, 0.3) is 0 Å². The van der Waals surface area contributed by atoms with Crippen LogP contribution in [0.5, 0.6) is 11.5 Å². The lowest BCUT2D eigenvalue weighted by Gasteiger charge is -2.24. The second-order valence-electron chi connectivity index (χ2n) is 6.93. The summed E-state index contributed by atoms with van der Waals surface area (Å²) in [6.07, 6.45) is 0.861. The van der Waals surface area contributed by atoms with E-state index >= 15 is 0 Å². The second kappa shape index (κ2) is 10.2. The van der Waals surface area contributed by atoms with Crippen molar-refractivity contribution in [3.63, 3.8) is 0 Å². The van der Waals surface area contributed by atoms with Crippen LogP contribution in [0.1, 0.15) is 45.2 Å². The minimum absolute atomic E-state index is 0.0775. The minimum Gasteiger partial charge on any atom is -0.497 e. The summed E-state index contributed by atoms with van der Waals surface area (Å²) < 4.78 is 11.1. The van der Waals surface area contributed by atoms with Crippen molar-refractivity contribution < 1.29 is 14.3 Å². The number of methoxy groups -OCH3 is 1. The van der Waals surface area contributed by atoms with E-state index in [0.717, 1.165) is 17.7 Å². The van der Waals surface area contributed by atoms with Crippen LogP contribution in [0.15, 0.2) is 48.5 Å². The maximum absolute atomic E-state index is 12.8. The van der Waals surface area contributed by atoms with Gasteiger partial charge >= 0.3 is 0 Å². The molecule has 2 unspecified atom stereocenters. The van der Waals surface area contributed by atoms with Gasteiger partial charge in [-0.3, -0.25) is 4.79 Å². The van der Waals surface area contributed by atoms with E-state index in [9.17, 15) is 4.79 Å². The smallest absolute Gasteiger partial charge is 0.261 e. The summed E-state index contributed by atoms with van der Waals surface area (Å²) in [4.78, 5) is 12.8. The Hall–Kier alpha value is -2.20. The molecule has 0 bridgehead atoms. The first-order chi connectivity index (χ1) is 12.9. The van der Waals surface area contributed by atoms with Crippen molar-refractivity contribution >= 4 is 17.5 Å². The Morgan fingerprint density at radius 2 is 1.63 bits per heavy atom. The van der Waals surface area contributed by atoms with Gasteiger partial charge in [-0.25, -0.2) is 0 Å². The number of ether oxygens (including phenoxy) is 2. The molecule has 1 N–H and O–H groups in total. The largest absolute Gasteiger partial charge is 0.497 e. The Morgan fingerprint density at radius 1 is 1.04 bits per heavy atom. The highest BCUT2D eigenvalue weighted by Gasteiger charge is 2.23. The van der Waals surface area contributed by atoms with E-state index in [4.69, 9.17) is 21.1 Å². The molecule has 2 rings (SSSR count). The van der Waals surface area contributed by atoms with Crippen molar-refractivity contribution in [3.8, 4) is 11.5 Å². The zero-order chi connectivity index (χ0) is 19.8. The van der Waals surface area contributed by atoms with Crippen molar-refractivity contribution in [1.82, 2.24) is 5.32 Å². The molecule has 0 saturated heterocycles. The number of carbonyl (C=O) groups is 1. The number of rotatable bonds is 9. The second-order valence-corrected chi connectivity index (χ2v) is 7.37. The Kier molecular flexibility index (Phi) is 7.99. The number of amides is 1. The zero-order valence-electron chi connectivity index (χ0n) is 16.4. The average Bonchev–Trinajstić information content (AvgIpc) is 2.66. The average molecular weight is 390 g/mol. The summed E-state index contributed by atoms with van der Waals surface area (Å²) in [5, 5.41) is 3.79. The molecule has 0 heterocycles. The van der Waals surface area contributed by atoms with Gasteiger partial charge < -0.3 is 14.8 Å². The zero-order valence-corrected chi connectivity index (χ0v) is 17.1. The van der Waals surface area contributed by atoms with E-state index in [-0.39, 0.29) is 11.9 Å². The fourth-order valence-corrected chi connectivity index (χ4v) is 2.98. The molecule has 0 aliphatic heterocycles. The highest BCUT2D eigenvalue weighted by molar-refractivity contribution is 6.30. The predicted octanol–water partition coefficient (Wildman–Crippen LogP) is 5.41. The van der Waals surface area contributed by atoms with Crippen molar-refractivity contribution in [3.05, 3.63) is 59.1 Å². The highest BCUT2D eigenvalue weighted by atomic mass is 35.5. The number of nitrogens with one attached hydrogen (secondary N) is 1. The number of hydrogen-bond donors (Lipinski definition) is 1. The van der Waals surface area contributed by atoms with E-state index in [1.165, 1.54) is 0 Å². The monoisotopic (exact) mass is 389 g/mol. The molecule has 5 heteroatoms. The molecule has 2 aromatic carbocycles. The number of halogens is 1. The maximum atomic E-state index is 12.8. The van der Waals surface area contributed by atoms with Crippen LogP contribution in [0, 0.1) is 5.92 Å². The van der Waals surface area contributed by atoms with Crippen molar-refractivity contribution in [2.75, 3.05) is 7.11 Å². The first-order valence-corrected chi connectivity index (χ1v) is 9.67. The molecule has 4 nitrogen and oxygen atoms in total. The summed E-state index contributed by atoms with van der Waals surface area (Å²) >= 11 is 5.91. The predicted molar refractivity (Wildman–Crippen MR) is 109 cm³/mol. The van der Waals surface area contributed by atoms with Crippen molar-refractivity contribution in [2.24, 2.45) is 5.92 Å². The molecule has 0 spiro atoms. The summed E-state index contributed by atoms with van der Waals surface area (Å²) in [7, 11) is 1.64. The van der Waals surface area contributed by atoms with Crippen LogP contribution in [-0.4, -0.2) is 19.1 Å². The molecular weight excluding hydrogens is 362 g/mol. The fourth-order valence-electron chi connectivity index (χ4n) is 2.85. The maximum Gasteiger partial charge on any atom is 0.261 e. The van der Waals surface area contributed by atoms with Gasteiger partial charge in [0.2, 0.25) is 0 Å². The topological polar surface area (TPSA) is 47.6 Å². The van der Waals surface area contributed by atoms with Gasteiger partial charge in [0, 0.05) is 5.02 Å². The van der Waals surface area contributed by atoms with Gasteiger partial charge in [-0.05, 0) is 60.7 Å². The van der Waals surface area contributed by atoms with Crippen molar-refractivity contribution in [2.45, 2.75) is 45.8 Å². The number of hydrogen-bond acceptors (Lipinski definition) is 3. The molecule has 0 fully saturated rings. The van der Waals surface area contributed by atoms with Crippen LogP contribution >= 0.6 is 11.6 Å². The highest BCUT2D eigenvalue weighted by Crippen LogP contribution is 2.24. The van der Waals surface area contributed by atoms with Gasteiger partial charge in [0.15, 0.2) is 6.10 Å². The molecule has 146 valence electrons. The first kappa shape index (κ1) is 21.1. The normalized spacial score (nSPS) is 13.1. The fraction of sp³-hybridized carbons (Fsp3) is 0.409. The van der Waals surface area contributed by atoms with Crippen LogP contribution < -0.4 is 14.8 Å². The van der Waals surface area contributed by atoms with Gasteiger partial charge in [0.1, 0.15) is 11.5 Å². The van der Waals surface area contributed by atoms with Gasteiger partial charge in [-0.15, -0.1) is 0 Å². The summed E-state index contributed by atoms with van der Waals surface area (Å²) in [5.41, 5.74) is 1.05. The molecule has 2 atom stereocenters. The number of benzene rings is 2. The quantitative estimate of drug-likeness (QED) is 0.623. The molecule has 0 aliphatic rings. The summed E-state index contributed by atoms with van der Waals surface area (Å²) in [6, 6.07) is 14.8. The van der Waals surface area contributed by atoms with Crippen molar-refractivity contribution in [1.29, 1.82) is 0 Å². The van der Waals surface area contributed by atoms with Gasteiger partial charge in [0.25, 0.3) is 5.91 Å². The Morgan fingerprint density at radius 3 is 2.15 bits per heavy atom. The lowest BCUT2D eigenvalue weighted by Crippen LogP contribution is -2.40. The van der Waals surface area contributed by atoms with E-state index in [0.29, 0.717) is 23.1 Å². The first-order valence-electron chi connectivity index (χ1n) is 9.29. The van der Waals surface area contributed by atoms with E-state index < -0.39 is 6.10 Å². The molecule has 27 heavy (non-hydrogen) atoms. The molecule has 0 aromatic heterocycles. The minimum atomic E-state index is -0.556. The van der Waals surface area contributed by atoms with Crippen LogP contribution in [0.3, 0.4) is 0 Å². The SMILES string of the molecule is CCC(Oc1ccc(Cl)cc1)C(=O)NC(CC(C)C)c1ccc(OC)cc1. The molecule has 0 radical (unpaired) electrons. The third-order valence-corrected chi connectivity index (χ3v) is 4.55. The standard InChI is InChI=1S/C22H28ClNO3/c1-5-21(27-19-12-8-17(23)9-13-19)22(25)24-20(14-15(2)3)16-6-10-18(26-4)11-7-16/h6-13,15,20-21H,5,14H2,1-4H3,(H,24,25). The Labute approximate surface area is 166 Å². The van der Waals surface area contributed by atoms with Gasteiger partial charge in [-0.1, -0.05) is 44.5 Å². The Balaban J connectivity index is 2.10. The van der Waals surface area contributed by atoms with Gasteiger partial charge in [0.05, 0.1) is 13.2 Å². The van der Waals surface area contributed by atoms with Crippen LogP contribution in [0.4, 0.5) is 0 Å². The van der Waals surface area contributed by atoms with Gasteiger partial charge in [-0.2, -0.15) is 0 Å². The Bertz CT molecular complexity index is 713. The van der Waals surface area contributed by atoms with Crippen LogP contribution in [-0.2, 0) is 4.79 Å². The lowest BCUT2D eigenvalue weighted by atomic mass is 9.96. The molecule has 1 amide bonds.